The zero-order valence-electron chi connectivity index (χ0n) is 11.2. The molecule has 0 aliphatic heterocycles. The van der Waals surface area contributed by atoms with E-state index in [1.807, 2.05) is 6.92 Å². The first-order chi connectivity index (χ1) is 8.87. The van der Waals surface area contributed by atoms with Crippen molar-refractivity contribution in [2.75, 3.05) is 12.3 Å². The monoisotopic (exact) mass is 286 g/mol. The topological polar surface area (TPSA) is 63.4 Å². The molecule has 0 radical (unpaired) electrons. The fourth-order valence-corrected chi connectivity index (χ4v) is 4.11. The first kappa shape index (κ1) is 14.3. The van der Waals surface area contributed by atoms with Gasteiger partial charge in [0.1, 0.15) is 10.7 Å². The van der Waals surface area contributed by atoms with Crippen LogP contribution < -0.4 is 5.73 Å². The minimum atomic E-state index is -3.80. The lowest BCUT2D eigenvalue weighted by Gasteiger charge is -2.22. The summed E-state index contributed by atoms with van der Waals surface area (Å²) in [4.78, 5) is -0.301. The molecule has 1 aliphatic carbocycles. The van der Waals surface area contributed by atoms with Gasteiger partial charge in [0.2, 0.25) is 10.0 Å². The lowest BCUT2D eigenvalue weighted by atomic mass is 10.2. The number of hydrogen-bond acceptors (Lipinski definition) is 3. The molecule has 6 heteroatoms. The summed E-state index contributed by atoms with van der Waals surface area (Å²) < 4.78 is 40.6. The van der Waals surface area contributed by atoms with E-state index < -0.39 is 15.8 Å². The first-order valence-corrected chi connectivity index (χ1v) is 7.89. The van der Waals surface area contributed by atoms with E-state index in [0.717, 1.165) is 12.8 Å². The highest BCUT2D eigenvalue weighted by atomic mass is 32.2. The molecule has 0 amide bonds. The lowest BCUT2D eigenvalue weighted by molar-refractivity contribution is 0.400. The number of rotatable bonds is 5. The van der Waals surface area contributed by atoms with Gasteiger partial charge in [0, 0.05) is 18.3 Å². The van der Waals surface area contributed by atoms with Crippen LogP contribution in [0, 0.1) is 12.7 Å². The van der Waals surface area contributed by atoms with Crippen LogP contribution in [-0.4, -0.2) is 25.3 Å². The molecule has 1 saturated carbocycles. The van der Waals surface area contributed by atoms with Gasteiger partial charge in [0.15, 0.2) is 0 Å². The number of nitrogens with two attached hydrogens (primary N) is 1. The second kappa shape index (κ2) is 5.09. The summed E-state index contributed by atoms with van der Waals surface area (Å²) in [6.45, 7) is 3.85. The Bertz CT molecular complexity index is 583. The van der Waals surface area contributed by atoms with Crippen molar-refractivity contribution in [3.63, 3.8) is 0 Å². The van der Waals surface area contributed by atoms with E-state index in [0.29, 0.717) is 13.0 Å². The van der Waals surface area contributed by atoms with Crippen LogP contribution in [-0.2, 0) is 10.0 Å². The summed E-state index contributed by atoms with van der Waals surface area (Å²) in [6.07, 6.45) is 2.41. The molecule has 0 saturated heterocycles. The summed E-state index contributed by atoms with van der Waals surface area (Å²) in [5.74, 6) is -0.698. The minimum Gasteiger partial charge on any atom is -0.399 e. The van der Waals surface area contributed by atoms with Crippen LogP contribution in [0.3, 0.4) is 0 Å². The van der Waals surface area contributed by atoms with Crippen molar-refractivity contribution >= 4 is 15.7 Å². The SMILES string of the molecule is CCCN(C1CC1)S(=O)(=O)c1cc(N)cc(C)c1F. The van der Waals surface area contributed by atoms with E-state index in [-0.39, 0.29) is 22.2 Å². The standard InChI is InChI=1S/C13H19FN2O2S/c1-3-6-16(11-4-5-11)19(17,18)12-8-10(15)7-9(2)13(12)14/h7-8,11H,3-6,15H2,1-2H3. The molecule has 1 fully saturated rings. The van der Waals surface area contributed by atoms with Gasteiger partial charge in [-0.3, -0.25) is 0 Å². The number of sulfonamides is 1. The fourth-order valence-electron chi connectivity index (χ4n) is 2.16. The average molecular weight is 286 g/mol. The maximum atomic E-state index is 14.1. The number of nitrogens with zero attached hydrogens (tertiary/aromatic N) is 1. The van der Waals surface area contributed by atoms with Crippen LogP contribution in [0.25, 0.3) is 0 Å². The van der Waals surface area contributed by atoms with Gasteiger partial charge in [-0.2, -0.15) is 4.31 Å². The third kappa shape index (κ3) is 2.74. The Hall–Kier alpha value is -1.14. The molecule has 4 nitrogen and oxygen atoms in total. The van der Waals surface area contributed by atoms with Gasteiger partial charge in [-0.05, 0) is 43.9 Å². The Morgan fingerprint density at radius 3 is 2.58 bits per heavy atom. The molecule has 2 rings (SSSR count). The number of halogens is 1. The number of aryl methyl sites for hydroxylation is 1. The molecule has 1 aromatic rings. The molecule has 1 aromatic carbocycles. The van der Waals surface area contributed by atoms with Gasteiger partial charge in [-0.25, -0.2) is 12.8 Å². The average Bonchev–Trinajstić information content (AvgIpc) is 3.14. The molecule has 0 atom stereocenters. The molecule has 0 heterocycles. The predicted molar refractivity (Wildman–Crippen MR) is 72.8 cm³/mol. The zero-order valence-corrected chi connectivity index (χ0v) is 12.0. The van der Waals surface area contributed by atoms with E-state index in [9.17, 15) is 12.8 Å². The van der Waals surface area contributed by atoms with Crippen molar-refractivity contribution in [2.45, 2.75) is 44.0 Å². The van der Waals surface area contributed by atoms with Gasteiger partial charge >= 0.3 is 0 Å². The molecule has 1 aliphatic rings. The molecular formula is C13H19FN2O2S. The third-order valence-corrected chi connectivity index (χ3v) is 5.18. The second-order valence-corrected chi connectivity index (χ2v) is 6.86. The van der Waals surface area contributed by atoms with Crippen LogP contribution in [0.5, 0.6) is 0 Å². The van der Waals surface area contributed by atoms with E-state index in [2.05, 4.69) is 0 Å². The zero-order chi connectivity index (χ0) is 14.2. The molecule has 0 unspecified atom stereocenters. The molecular weight excluding hydrogens is 267 g/mol. The lowest BCUT2D eigenvalue weighted by Crippen LogP contribution is -2.34. The number of nitrogen functional groups attached to an aromatic ring is 1. The number of anilines is 1. The summed E-state index contributed by atoms with van der Waals surface area (Å²) in [6, 6.07) is 2.67. The van der Waals surface area contributed by atoms with Gasteiger partial charge < -0.3 is 5.73 Å². The largest absolute Gasteiger partial charge is 0.399 e. The molecule has 106 valence electrons. The van der Waals surface area contributed by atoms with Crippen LogP contribution in [0.1, 0.15) is 31.7 Å². The smallest absolute Gasteiger partial charge is 0.246 e. The quantitative estimate of drug-likeness (QED) is 0.845. The summed E-state index contributed by atoms with van der Waals surface area (Å²) >= 11 is 0. The van der Waals surface area contributed by atoms with Gasteiger partial charge in [-0.15, -0.1) is 0 Å². The second-order valence-electron chi connectivity index (χ2n) is 5.00. The Morgan fingerprint density at radius 2 is 2.05 bits per heavy atom. The third-order valence-electron chi connectivity index (χ3n) is 3.23. The van der Waals surface area contributed by atoms with E-state index in [4.69, 9.17) is 5.73 Å². The van der Waals surface area contributed by atoms with Crippen molar-refractivity contribution in [1.82, 2.24) is 4.31 Å². The van der Waals surface area contributed by atoms with Crippen molar-refractivity contribution in [3.8, 4) is 0 Å². The van der Waals surface area contributed by atoms with Crippen molar-refractivity contribution in [2.24, 2.45) is 0 Å². The van der Waals surface area contributed by atoms with Gasteiger partial charge in [0.05, 0.1) is 0 Å². The van der Waals surface area contributed by atoms with Crippen molar-refractivity contribution in [1.29, 1.82) is 0 Å². The molecule has 19 heavy (non-hydrogen) atoms. The summed E-state index contributed by atoms with van der Waals surface area (Å²) in [5.41, 5.74) is 6.16. The molecule has 0 spiro atoms. The van der Waals surface area contributed by atoms with Crippen LogP contribution in [0.4, 0.5) is 10.1 Å². The number of benzene rings is 1. The Morgan fingerprint density at radius 1 is 1.42 bits per heavy atom. The molecule has 0 aromatic heterocycles. The van der Waals surface area contributed by atoms with Crippen molar-refractivity contribution < 1.29 is 12.8 Å². The van der Waals surface area contributed by atoms with Crippen LogP contribution in [0.2, 0.25) is 0 Å². The van der Waals surface area contributed by atoms with Crippen molar-refractivity contribution in [3.05, 3.63) is 23.5 Å². The van der Waals surface area contributed by atoms with E-state index in [1.54, 1.807) is 0 Å². The van der Waals surface area contributed by atoms with Gasteiger partial charge in [-0.1, -0.05) is 6.92 Å². The summed E-state index contributed by atoms with van der Waals surface area (Å²) in [5, 5.41) is 0. The Kier molecular flexibility index (Phi) is 3.82. The molecule has 2 N–H and O–H groups in total. The summed E-state index contributed by atoms with van der Waals surface area (Å²) in [7, 11) is -3.80. The maximum absolute atomic E-state index is 14.1. The van der Waals surface area contributed by atoms with Gasteiger partial charge in [0.25, 0.3) is 0 Å². The first-order valence-electron chi connectivity index (χ1n) is 6.45. The normalized spacial score (nSPS) is 16.0. The Labute approximate surface area is 113 Å². The van der Waals surface area contributed by atoms with Crippen LogP contribution >= 0.6 is 0 Å². The predicted octanol–water partition coefficient (Wildman–Crippen LogP) is 2.28. The number of hydrogen-bond donors (Lipinski definition) is 1. The maximum Gasteiger partial charge on any atom is 0.246 e. The molecule has 0 bridgehead atoms. The van der Waals surface area contributed by atoms with E-state index >= 15 is 0 Å². The fraction of sp³-hybridized carbons (Fsp3) is 0.538. The highest BCUT2D eigenvalue weighted by Gasteiger charge is 2.38. The minimum absolute atomic E-state index is 0.0195. The van der Waals surface area contributed by atoms with E-state index in [1.165, 1.54) is 23.4 Å². The highest BCUT2D eigenvalue weighted by molar-refractivity contribution is 7.89. The Balaban J connectivity index is 2.49. The highest BCUT2D eigenvalue weighted by Crippen LogP contribution is 2.34. The van der Waals surface area contributed by atoms with Crippen LogP contribution in [0.15, 0.2) is 17.0 Å².